The monoisotopic (exact) mass is 515 g/mol. The number of nitrogen functional groups attached to an aromatic ring is 1. The number of nitrogens with one attached hydrogen (secondary N) is 4. The van der Waals surface area contributed by atoms with Crippen molar-refractivity contribution in [3.05, 3.63) is 78.9 Å². The van der Waals surface area contributed by atoms with E-state index in [-0.39, 0.29) is 16.3 Å². The van der Waals surface area contributed by atoms with Crippen LogP contribution in [0, 0.1) is 0 Å². The van der Waals surface area contributed by atoms with Crippen molar-refractivity contribution in [2.75, 3.05) is 27.4 Å². The van der Waals surface area contributed by atoms with Crippen LogP contribution in [0.3, 0.4) is 0 Å². The molecule has 0 saturated carbocycles. The maximum absolute atomic E-state index is 11.8. The Morgan fingerprint density at radius 3 is 2.03 bits per heavy atom. The van der Waals surface area contributed by atoms with Gasteiger partial charge in [0.25, 0.3) is 20.2 Å². The predicted octanol–water partition coefficient (Wildman–Crippen LogP) is 3.79. The highest BCUT2D eigenvalue weighted by Gasteiger charge is 2.18. The average molecular weight is 516 g/mol. The molecular weight excluding hydrogens is 494 g/mol. The lowest BCUT2D eigenvalue weighted by molar-refractivity contribution is 0.481. The van der Waals surface area contributed by atoms with Gasteiger partial charge in [-0.2, -0.15) is 16.8 Å². The zero-order valence-corrected chi connectivity index (χ0v) is 19.6. The van der Waals surface area contributed by atoms with Crippen LogP contribution in [0.4, 0.5) is 28.4 Å². The van der Waals surface area contributed by atoms with Crippen molar-refractivity contribution in [2.45, 2.75) is 9.79 Å². The van der Waals surface area contributed by atoms with Gasteiger partial charge in [-0.25, -0.2) is 0 Å². The molecule has 35 heavy (non-hydrogen) atoms. The number of anilines is 5. The molecule has 13 heteroatoms. The first-order valence-electron chi connectivity index (χ1n) is 10.0. The van der Waals surface area contributed by atoms with Gasteiger partial charge < -0.3 is 11.2 Å². The van der Waals surface area contributed by atoms with E-state index >= 15 is 0 Å². The highest BCUT2D eigenvalue weighted by atomic mass is 32.2. The summed E-state index contributed by atoms with van der Waals surface area (Å²) >= 11 is 0. The van der Waals surface area contributed by atoms with Crippen LogP contribution in [0.1, 0.15) is 0 Å². The third-order valence-corrected chi connectivity index (χ3v) is 6.75. The van der Waals surface area contributed by atoms with Gasteiger partial charge in [0, 0.05) is 11.1 Å². The molecule has 8 N–H and O–H groups in total. The summed E-state index contributed by atoms with van der Waals surface area (Å²) in [5.74, 6) is 0. The van der Waals surface area contributed by atoms with Crippen LogP contribution in [0.15, 0.2) is 88.7 Å². The Morgan fingerprint density at radius 2 is 1.34 bits per heavy atom. The zero-order valence-electron chi connectivity index (χ0n) is 17.9. The minimum Gasteiger partial charge on any atom is -0.399 e. The number of hydrogen-bond donors (Lipinski definition) is 7. The Hall–Kier alpha value is -4.04. The number of hydrogen-bond acceptors (Lipinski definition) is 9. The Bertz CT molecular complexity index is 1610. The summed E-state index contributed by atoms with van der Waals surface area (Å²) in [4.78, 5) is -0.713. The number of fused-ring (bicyclic) bond motifs is 1. The van der Waals surface area contributed by atoms with Gasteiger partial charge in [0.1, 0.15) is 4.90 Å². The summed E-state index contributed by atoms with van der Waals surface area (Å²) in [5.41, 5.74) is 19.3. The summed E-state index contributed by atoms with van der Waals surface area (Å²) in [6, 6.07) is 20.5. The van der Waals surface area contributed by atoms with Gasteiger partial charge >= 0.3 is 0 Å². The van der Waals surface area contributed by atoms with Crippen molar-refractivity contribution in [1.29, 1.82) is 0 Å². The molecule has 0 atom stereocenters. The van der Waals surface area contributed by atoms with Crippen molar-refractivity contribution in [2.24, 2.45) is 0 Å². The van der Waals surface area contributed by atoms with E-state index in [4.69, 9.17) is 5.73 Å². The van der Waals surface area contributed by atoms with Gasteiger partial charge in [0.2, 0.25) is 0 Å². The van der Waals surface area contributed by atoms with Crippen molar-refractivity contribution in [1.82, 2.24) is 0 Å². The van der Waals surface area contributed by atoms with E-state index in [9.17, 15) is 25.9 Å². The van der Waals surface area contributed by atoms with Gasteiger partial charge in [0.15, 0.2) is 0 Å². The summed E-state index contributed by atoms with van der Waals surface area (Å²) < 4.78 is 65.8. The fourth-order valence-corrected chi connectivity index (χ4v) is 4.55. The minimum atomic E-state index is -4.59. The molecule has 4 aromatic rings. The molecule has 0 radical (unpaired) electrons. The second-order valence-electron chi connectivity index (χ2n) is 7.44. The van der Waals surface area contributed by atoms with Crippen LogP contribution in [-0.4, -0.2) is 25.9 Å². The maximum Gasteiger partial charge on any atom is 0.296 e. The molecule has 0 aliphatic heterocycles. The van der Waals surface area contributed by atoms with Crippen molar-refractivity contribution >= 4 is 59.4 Å². The van der Waals surface area contributed by atoms with Crippen LogP contribution in [0.2, 0.25) is 0 Å². The lowest BCUT2D eigenvalue weighted by Gasteiger charge is -2.20. The molecule has 4 rings (SSSR count). The van der Waals surface area contributed by atoms with Gasteiger partial charge in [-0.05, 0) is 53.9 Å². The molecule has 0 heterocycles. The number of nitrogens with two attached hydrogens (primary N) is 1. The summed E-state index contributed by atoms with van der Waals surface area (Å²) in [6.45, 7) is 0. The second kappa shape index (κ2) is 9.31. The summed E-state index contributed by atoms with van der Waals surface area (Å²) in [7, 11) is -9.00. The molecule has 0 spiro atoms. The Kier molecular flexibility index (Phi) is 6.41. The SMILES string of the molecule is Nc1ccc(NNc2c(NNc3ccccc3)ccc3cc(S(=O)(=O)O)ccc23)c(S(=O)(=O)O)c1. The third kappa shape index (κ3) is 5.55. The Balaban J connectivity index is 1.75. The average Bonchev–Trinajstić information content (AvgIpc) is 2.81. The number of benzene rings is 4. The molecule has 182 valence electrons. The van der Waals surface area contributed by atoms with Crippen LogP contribution in [-0.2, 0) is 20.2 Å². The lowest BCUT2D eigenvalue weighted by Crippen LogP contribution is -2.16. The quantitative estimate of drug-likeness (QED) is 0.103. The molecular formula is C22H21N5O6S2. The number of rotatable bonds is 8. The van der Waals surface area contributed by atoms with E-state index in [1.54, 1.807) is 12.1 Å². The highest BCUT2D eigenvalue weighted by Crippen LogP contribution is 2.34. The molecule has 4 aromatic carbocycles. The van der Waals surface area contributed by atoms with Crippen LogP contribution < -0.4 is 27.4 Å². The molecule has 0 saturated heterocycles. The van der Waals surface area contributed by atoms with Crippen molar-refractivity contribution < 1.29 is 25.9 Å². The maximum atomic E-state index is 11.8. The lowest BCUT2D eigenvalue weighted by atomic mass is 10.1. The van der Waals surface area contributed by atoms with E-state index in [1.165, 1.54) is 30.3 Å². The molecule has 0 amide bonds. The predicted molar refractivity (Wildman–Crippen MR) is 135 cm³/mol. The third-order valence-electron chi connectivity index (χ3n) is 5.01. The molecule has 0 aliphatic carbocycles. The first kappa shape index (κ1) is 24.1. The van der Waals surface area contributed by atoms with Crippen LogP contribution in [0.25, 0.3) is 10.8 Å². The first-order chi connectivity index (χ1) is 16.5. The largest absolute Gasteiger partial charge is 0.399 e. The van der Waals surface area contributed by atoms with Crippen molar-refractivity contribution in [3.8, 4) is 0 Å². The zero-order chi connectivity index (χ0) is 25.2. The highest BCUT2D eigenvalue weighted by molar-refractivity contribution is 7.86. The van der Waals surface area contributed by atoms with Gasteiger partial charge in [0.05, 0.1) is 27.6 Å². The van der Waals surface area contributed by atoms with Crippen LogP contribution >= 0.6 is 0 Å². The first-order valence-corrected chi connectivity index (χ1v) is 12.9. The van der Waals surface area contributed by atoms with E-state index in [1.807, 2.05) is 30.3 Å². The van der Waals surface area contributed by atoms with E-state index < -0.39 is 25.1 Å². The summed E-state index contributed by atoms with van der Waals surface area (Å²) in [6.07, 6.45) is 0. The van der Waals surface area contributed by atoms with E-state index in [0.717, 1.165) is 11.8 Å². The molecule has 11 nitrogen and oxygen atoms in total. The number of para-hydroxylation sites is 1. The van der Waals surface area contributed by atoms with E-state index in [0.29, 0.717) is 22.1 Å². The molecule has 0 fully saturated rings. The normalized spacial score (nSPS) is 11.7. The topological polar surface area (TPSA) is 183 Å². The van der Waals surface area contributed by atoms with Crippen LogP contribution in [0.5, 0.6) is 0 Å². The summed E-state index contributed by atoms with van der Waals surface area (Å²) in [5, 5.41) is 1.01. The fourth-order valence-electron chi connectivity index (χ4n) is 3.35. The standard InChI is InChI=1S/C22H21N5O6S2/c23-15-7-11-19(21(13-15)35(31,32)33)25-27-22-18-9-8-17(34(28,29)30)12-14(18)6-10-20(22)26-24-16-4-2-1-3-5-16/h1-13,24-27H,23H2,(H,28,29,30)(H,31,32,33). The van der Waals surface area contributed by atoms with Crippen molar-refractivity contribution in [3.63, 3.8) is 0 Å². The molecule has 0 unspecified atom stereocenters. The molecule has 0 aliphatic rings. The van der Waals surface area contributed by atoms with E-state index in [2.05, 4.69) is 21.7 Å². The Labute approximate surface area is 201 Å². The van der Waals surface area contributed by atoms with Gasteiger partial charge in [-0.3, -0.25) is 25.4 Å². The van der Waals surface area contributed by atoms with Gasteiger partial charge in [-0.1, -0.05) is 30.3 Å². The molecule has 0 bridgehead atoms. The molecule has 0 aromatic heterocycles. The Morgan fingerprint density at radius 1 is 0.657 bits per heavy atom. The smallest absolute Gasteiger partial charge is 0.296 e. The fraction of sp³-hybridized carbons (Fsp3) is 0. The minimum absolute atomic E-state index is 0.0234. The second-order valence-corrected chi connectivity index (χ2v) is 10.3. The number of hydrazine groups is 2. The van der Waals surface area contributed by atoms with Gasteiger partial charge in [-0.15, -0.1) is 0 Å².